The molecule has 0 spiro atoms. The molecule has 106 valence electrons. The van der Waals surface area contributed by atoms with Gasteiger partial charge in [0, 0.05) is 16.3 Å². The summed E-state index contributed by atoms with van der Waals surface area (Å²) in [5, 5.41) is 0. The van der Waals surface area contributed by atoms with E-state index in [1.165, 1.54) is 21.6 Å². The number of aryl methyl sites for hydroxylation is 3. The van der Waals surface area contributed by atoms with Crippen LogP contribution in [0.5, 0.6) is 5.75 Å². The monoisotopic (exact) mass is 287 g/mol. The van der Waals surface area contributed by atoms with Crippen LogP contribution in [0.3, 0.4) is 0 Å². The lowest BCUT2D eigenvalue weighted by molar-refractivity contribution is 0.339. The first-order valence-corrected chi connectivity index (χ1v) is 7.74. The van der Waals surface area contributed by atoms with E-state index in [1.807, 2.05) is 24.3 Å². The third-order valence-electron chi connectivity index (χ3n) is 3.08. The van der Waals surface area contributed by atoms with Crippen molar-refractivity contribution in [3.63, 3.8) is 0 Å². The maximum absolute atomic E-state index is 5.92. The number of benzene rings is 2. The number of anilines is 1. The van der Waals surface area contributed by atoms with Gasteiger partial charge in [0.1, 0.15) is 5.75 Å². The molecule has 0 bridgehead atoms. The Bertz CT molecular complexity index is 555. The Morgan fingerprint density at radius 3 is 2.20 bits per heavy atom. The third kappa shape index (κ3) is 3.94. The minimum atomic E-state index is 0.708. The topological polar surface area (TPSA) is 35.2 Å². The van der Waals surface area contributed by atoms with Crippen molar-refractivity contribution in [2.45, 2.75) is 25.7 Å². The minimum Gasteiger partial charge on any atom is -0.492 e. The number of ether oxygens (including phenoxy) is 1. The van der Waals surface area contributed by atoms with E-state index in [-0.39, 0.29) is 0 Å². The molecule has 2 rings (SSSR count). The summed E-state index contributed by atoms with van der Waals surface area (Å²) in [7, 11) is 0. The fourth-order valence-corrected chi connectivity index (χ4v) is 2.99. The second-order valence-corrected chi connectivity index (χ2v) is 6.16. The second-order valence-electron chi connectivity index (χ2n) is 4.99. The third-order valence-corrected chi connectivity index (χ3v) is 4.06. The number of thioether (sulfide) groups is 1. The Hall–Kier alpha value is -1.61. The predicted octanol–water partition coefficient (Wildman–Crippen LogP) is 4.37. The molecular weight excluding hydrogens is 266 g/mol. The highest BCUT2D eigenvalue weighted by molar-refractivity contribution is 7.99. The smallest absolute Gasteiger partial charge is 0.125 e. The molecule has 0 fully saturated rings. The van der Waals surface area contributed by atoms with E-state index in [1.54, 1.807) is 11.8 Å². The van der Waals surface area contributed by atoms with Crippen molar-refractivity contribution in [1.82, 2.24) is 0 Å². The van der Waals surface area contributed by atoms with Gasteiger partial charge in [-0.3, -0.25) is 0 Å². The van der Waals surface area contributed by atoms with E-state index < -0.39 is 0 Å². The Labute approximate surface area is 125 Å². The molecule has 0 aromatic heterocycles. The van der Waals surface area contributed by atoms with E-state index in [4.69, 9.17) is 10.5 Å². The molecule has 0 aliphatic heterocycles. The number of hydrogen-bond donors (Lipinski definition) is 1. The Balaban J connectivity index is 1.86. The summed E-state index contributed by atoms with van der Waals surface area (Å²) in [6, 6.07) is 12.3. The molecule has 0 heterocycles. The Morgan fingerprint density at radius 1 is 1.00 bits per heavy atom. The largest absolute Gasteiger partial charge is 0.492 e. The summed E-state index contributed by atoms with van der Waals surface area (Å²) in [6.45, 7) is 7.02. The fourth-order valence-electron chi connectivity index (χ4n) is 2.26. The normalized spacial score (nSPS) is 10.6. The maximum Gasteiger partial charge on any atom is 0.125 e. The van der Waals surface area contributed by atoms with Gasteiger partial charge in [0.15, 0.2) is 0 Å². The molecule has 0 aliphatic carbocycles. The van der Waals surface area contributed by atoms with Gasteiger partial charge in [-0.1, -0.05) is 17.7 Å². The molecule has 2 N–H and O–H groups in total. The number of rotatable bonds is 5. The first-order chi connectivity index (χ1) is 9.56. The summed E-state index contributed by atoms with van der Waals surface area (Å²) < 4.78 is 5.92. The van der Waals surface area contributed by atoms with Gasteiger partial charge in [0.25, 0.3) is 0 Å². The maximum atomic E-state index is 5.92. The minimum absolute atomic E-state index is 0.708. The van der Waals surface area contributed by atoms with Crippen molar-refractivity contribution >= 4 is 17.4 Å². The second kappa shape index (κ2) is 6.71. The van der Waals surface area contributed by atoms with Crippen LogP contribution >= 0.6 is 11.8 Å². The van der Waals surface area contributed by atoms with Gasteiger partial charge in [-0.2, -0.15) is 0 Å². The van der Waals surface area contributed by atoms with Crippen LogP contribution in [0.1, 0.15) is 16.7 Å². The van der Waals surface area contributed by atoms with Crippen molar-refractivity contribution < 1.29 is 4.74 Å². The molecule has 3 heteroatoms. The van der Waals surface area contributed by atoms with E-state index in [2.05, 4.69) is 32.9 Å². The van der Waals surface area contributed by atoms with Crippen LogP contribution in [0.25, 0.3) is 0 Å². The van der Waals surface area contributed by atoms with Crippen molar-refractivity contribution in [3.8, 4) is 5.75 Å². The van der Waals surface area contributed by atoms with Crippen LogP contribution < -0.4 is 10.5 Å². The van der Waals surface area contributed by atoms with E-state index in [0.29, 0.717) is 6.61 Å². The Kier molecular flexibility index (Phi) is 4.96. The van der Waals surface area contributed by atoms with Crippen molar-refractivity contribution in [2.75, 3.05) is 18.1 Å². The quantitative estimate of drug-likeness (QED) is 0.504. The zero-order valence-electron chi connectivity index (χ0n) is 12.3. The molecule has 2 aromatic carbocycles. The van der Waals surface area contributed by atoms with Crippen molar-refractivity contribution in [2.24, 2.45) is 0 Å². The summed E-state index contributed by atoms with van der Waals surface area (Å²) in [5.74, 6) is 1.95. The molecule has 0 radical (unpaired) electrons. The van der Waals surface area contributed by atoms with Crippen LogP contribution in [0.15, 0.2) is 41.3 Å². The molecule has 0 amide bonds. The van der Waals surface area contributed by atoms with Gasteiger partial charge in [-0.25, -0.2) is 0 Å². The first kappa shape index (κ1) is 14.8. The molecule has 0 atom stereocenters. The number of nitrogen functional groups attached to an aromatic ring is 1. The van der Waals surface area contributed by atoms with Crippen LogP contribution in [-0.2, 0) is 0 Å². The zero-order valence-corrected chi connectivity index (χ0v) is 13.1. The van der Waals surface area contributed by atoms with Crippen LogP contribution in [0.2, 0.25) is 0 Å². The fraction of sp³-hybridized carbons (Fsp3) is 0.294. The molecule has 0 saturated carbocycles. The van der Waals surface area contributed by atoms with Gasteiger partial charge >= 0.3 is 0 Å². The summed E-state index contributed by atoms with van der Waals surface area (Å²) >= 11 is 1.78. The van der Waals surface area contributed by atoms with E-state index in [9.17, 15) is 0 Å². The summed E-state index contributed by atoms with van der Waals surface area (Å²) in [5.41, 5.74) is 10.2. The number of hydrogen-bond acceptors (Lipinski definition) is 3. The lowest BCUT2D eigenvalue weighted by Crippen LogP contribution is -2.03. The van der Waals surface area contributed by atoms with Gasteiger partial charge in [-0.05, 0) is 56.2 Å². The molecule has 20 heavy (non-hydrogen) atoms. The average molecular weight is 287 g/mol. The highest BCUT2D eigenvalue weighted by Crippen LogP contribution is 2.25. The predicted molar refractivity (Wildman–Crippen MR) is 87.7 cm³/mol. The number of nitrogens with two attached hydrogens (primary N) is 1. The Morgan fingerprint density at radius 2 is 1.60 bits per heavy atom. The summed E-state index contributed by atoms with van der Waals surface area (Å²) in [4.78, 5) is 1.22. The van der Waals surface area contributed by atoms with Gasteiger partial charge in [0.05, 0.1) is 6.61 Å². The van der Waals surface area contributed by atoms with Crippen molar-refractivity contribution in [3.05, 3.63) is 53.1 Å². The standard InChI is InChI=1S/C17H21NOS/c1-12-10-13(2)17(14(3)11-12)19-8-9-20-16-6-4-15(18)5-7-16/h4-7,10-11H,8-9,18H2,1-3H3. The van der Waals surface area contributed by atoms with Crippen LogP contribution in [0, 0.1) is 20.8 Å². The lowest BCUT2D eigenvalue weighted by atomic mass is 10.1. The highest BCUT2D eigenvalue weighted by atomic mass is 32.2. The molecule has 0 unspecified atom stereocenters. The van der Waals surface area contributed by atoms with E-state index in [0.717, 1.165) is 17.2 Å². The van der Waals surface area contributed by atoms with Gasteiger partial charge < -0.3 is 10.5 Å². The van der Waals surface area contributed by atoms with Crippen molar-refractivity contribution in [1.29, 1.82) is 0 Å². The molecule has 0 aliphatic rings. The first-order valence-electron chi connectivity index (χ1n) is 6.75. The zero-order chi connectivity index (χ0) is 14.5. The molecule has 2 aromatic rings. The molecular formula is C17H21NOS. The van der Waals surface area contributed by atoms with Crippen LogP contribution in [-0.4, -0.2) is 12.4 Å². The molecule has 0 saturated heterocycles. The lowest BCUT2D eigenvalue weighted by Gasteiger charge is -2.13. The van der Waals surface area contributed by atoms with E-state index >= 15 is 0 Å². The van der Waals surface area contributed by atoms with Gasteiger partial charge in [-0.15, -0.1) is 11.8 Å². The van der Waals surface area contributed by atoms with Crippen LogP contribution in [0.4, 0.5) is 5.69 Å². The molecule has 2 nitrogen and oxygen atoms in total. The SMILES string of the molecule is Cc1cc(C)c(OCCSc2ccc(N)cc2)c(C)c1. The highest BCUT2D eigenvalue weighted by Gasteiger charge is 2.05. The average Bonchev–Trinajstić information content (AvgIpc) is 2.39. The summed E-state index contributed by atoms with van der Waals surface area (Å²) in [6.07, 6.45) is 0. The van der Waals surface area contributed by atoms with Gasteiger partial charge in [0.2, 0.25) is 0 Å².